The van der Waals surface area contributed by atoms with Crippen LogP contribution in [0.2, 0.25) is 0 Å². The molecular weight excluding hydrogens is 313 g/mol. The molecule has 0 unspecified atom stereocenters. The summed E-state index contributed by atoms with van der Waals surface area (Å²) in [5.41, 5.74) is 0.973. The number of hydrogen-bond acceptors (Lipinski definition) is 2. The van der Waals surface area contributed by atoms with Crippen LogP contribution >= 0.6 is 15.9 Å². The zero-order chi connectivity index (χ0) is 13.8. The van der Waals surface area contributed by atoms with Crippen molar-refractivity contribution < 1.29 is 14.3 Å². The Morgan fingerprint density at radius 2 is 2.00 bits per heavy atom. The fourth-order valence-corrected chi connectivity index (χ4v) is 1.95. The molecule has 2 aromatic carbocycles. The molecule has 0 saturated heterocycles. The number of phenols is 1. The van der Waals surface area contributed by atoms with Crippen molar-refractivity contribution in [2.24, 2.45) is 0 Å². The molecule has 0 atom stereocenters. The average molecular weight is 324 g/mol. The van der Waals surface area contributed by atoms with E-state index < -0.39 is 5.82 Å². The van der Waals surface area contributed by atoms with E-state index in [-0.39, 0.29) is 22.7 Å². The van der Waals surface area contributed by atoms with Crippen LogP contribution in [-0.2, 0) is 6.54 Å². The maximum Gasteiger partial charge on any atom is 0.251 e. The zero-order valence-corrected chi connectivity index (χ0v) is 11.4. The Balaban J connectivity index is 2.05. The molecule has 0 bridgehead atoms. The molecular formula is C14H11BrFNO2. The number of para-hydroxylation sites is 1. The summed E-state index contributed by atoms with van der Waals surface area (Å²) < 4.78 is 13.3. The Bertz CT molecular complexity index is 616. The third kappa shape index (κ3) is 3.32. The number of carbonyl (C=O) groups is 1. The van der Waals surface area contributed by atoms with E-state index in [1.807, 2.05) is 0 Å². The summed E-state index contributed by atoms with van der Waals surface area (Å²) in [5.74, 6) is -0.621. The molecule has 0 heterocycles. The molecule has 0 radical (unpaired) electrons. The highest BCUT2D eigenvalue weighted by Crippen LogP contribution is 2.18. The van der Waals surface area contributed by atoms with Crippen LogP contribution in [0.1, 0.15) is 15.9 Å². The molecule has 19 heavy (non-hydrogen) atoms. The Kier molecular flexibility index (Phi) is 4.16. The Labute approximate surface area is 118 Å². The number of benzene rings is 2. The number of hydrogen-bond donors (Lipinski definition) is 2. The molecule has 0 spiro atoms. The molecule has 0 fully saturated rings. The molecule has 2 rings (SSSR count). The number of phenolic OH excluding ortho intramolecular Hbond substituents is 1. The molecule has 2 N–H and O–H groups in total. The van der Waals surface area contributed by atoms with Gasteiger partial charge in [-0.05, 0) is 40.2 Å². The van der Waals surface area contributed by atoms with E-state index in [0.717, 1.165) is 0 Å². The van der Waals surface area contributed by atoms with Gasteiger partial charge in [-0.3, -0.25) is 4.79 Å². The van der Waals surface area contributed by atoms with Gasteiger partial charge in [0.05, 0.1) is 4.47 Å². The predicted molar refractivity (Wildman–Crippen MR) is 73.4 cm³/mol. The van der Waals surface area contributed by atoms with Crippen LogP contribution in [-0.4, -0.2) is 11.0 Å². The number of nitrogens with one attached hydrogen (secondary N) is 1. The summed E-state index contributed by atoms with van der Waals surface area (Å²) >= 11 is 3.03. The minimum atomic E-state index is -0.419. The molecule has 5 heteroatoms. The van der Waals surface area contributed by atoms with E-state index in [1.165, 1.54) is 18.2 Å². The lowest BCUT2D eigenvalue weighted by molar-refractivity contribution is 0.0950. The maximum atomic E-state index is 13.1. The summed E-state index contributed by atoms with van der Waals surface area (Å²) in [5, 5.41) is 12.2. The van der Waals surface area contributed by atoms with Gasteiger partial charge in [0, 0.05) is 17.7 Å². The number of halogens is 2. The molecule has 1 amide bonds. The van der Waals surface area contributed by atoms with Crippen molar-refractivity contribution in [3.05, 3.63) is 63.9 Å². The van der Waals surface area contributed by atoms with Crippen molar-refractivity contribution in [2.45, 2.75) is 6.54 Å². The number of amides is 1. The van der Waals surface area contributed by atoms with E-state index in [4.69, 9.17) is 0 Å². The first-order valence-electron chi connectivity index (χ1n) is 5.58. The average Bonchev–Trinajstić information content (AvgIpc) is 2.40. The monoisotopic (exact) mass is 323 g/mol. The first kappa shape index (κ1) is 13.5. The van der Waals surface area contributed by atoms with Crippen LogP contribution in [0, 0.1) is 5.82 Å². The van der Waals surface area contributed by atoms with Gasteiger partial charge in [-0.1, -0.05) is 18.2 Å². The van der Waals surface area contributed by atoms with Gasteiger partial charge in [-0.2, -0.15) is 0 Å². The Morgan fingerprint density at radius 1 is 1.26 bits per heavy atom. The largest absolute Gasteiger partial charge is 0.508 e. The lowest BCUT2D eigenvalue weighted by Crippen LogP contribution is -2.22. The second-order valence-electron chi connectivity index (χ2n) is 3.94. The second kappa shape index (κ2) is 5.84. The van der Waals surface area contributed by atoms with Crippen molar-refractivity contribution in [1.29, 1.82) is 0 Å². The first-order chi connectivity index (χ1) is 9.08. The van der Waals surface area contributed by atoms with E-state index in [0.29, 0.717) is 11.1 Å². The standard InChI is InChI=1S/C14H11BrFNO2/c15-11-7-9(5-6-12(11)16)14(19)17-8-10-3-1-2-4-13(10)18/h1-7,18H,8H2,(H,17,19). The Morgan fingerprint density at radius 3 is 2.68 bits per heavy atom. The van der Waals surface area contributed by atoms with Crippen molar-refractivity contribution >= 4 is 21.8 Å². The van der Waals surface area contributed by atoms with Gasteiger partial charge in [0.1, 0.15) is 11.6 Å². The number of carbonyl (C=O) groups excluding carboxylic acids is 1. The topological polar surface area (TPSA) is 49.3 Å². The number of aromatic hydroxyl groups is 1. The highest BCUT2D eigenvalue weighted by atomic mass is 79.9. The van der Waals surface area contributed by atoms with Gasteiger partial charge in [0.2, 0.25) is 0 Å². The smallest absolute Gasteiger partial charge is 0.251 e. The van der Waals surface area contributed by atoms with Crippen LogP contribution in [0.4, 0.5) is 4.39 Å². The zero-order valence-electron chi connectivity index (χ0n) is 9.86. The summed E-state index contributed by atoms with van der Waals surface area (Å²) in [6, 6.07) is 10.8. The highest BCUT2D eigenvalue weighted by Gasteiger charge is 2.09. The molecule has 0 aliphatic heterocycles. The molecule has 0 aliphatic carbocycles. The van der Waals surface area contributed by atoms with Gasteiger partial charge >= 0.3 is 0 Å². The molecule has 0 saturated carbocycles. The highest BCUT2D eigenvalue weighted by molar-refractivity contribution is 9.10. The molecule has 3 nitrogen and oxygen atoms in total. The number of rotatable bonds is 3. The summed E-state index contributed by atoms with van der Waals surface area (Å²) in [6.07, 6.45) is 0. The van der Waals surface area contributed by atoms with Gasteiger partial charge in [-0.15, -0.1) is 0 Å². The van der Waals surface area contributed by atoms with E-state index >= 15 is 0 Å². The fraction of sp³-hybridized carbons (Fsp3) is 0.0714. The first-order valence-corrected chi connectivity index (χ1v) is 6.37. The normalized spacial score (nSPS) is 10.2. The summed E-state index contributed by atoms with van der Waals surface area (Å²) in [4.78, 5) is 11.9. The van der Waals surface area contributed by atoms with E-state index in [9.17, 15) is 14.3 Å². The second-order valence-corrected chi connectivity index (χ2v) is 4.79. The van der Waals surface area contributed by atoms with Crippen molar-refractivity contribution in [3.8, 4) is 5.75 Å². The van der Waals surface area contributed by atoms with Crippen molar-refractivity contribution in [1.82, 2.24) is 5.32 Å². The van der Waals surface area contributed by atoms with E-state index in [2.05, 4.69) is 21.2 Å². The van der Waals surface area contributed by atoms with Crippen LogP contribution in [0.3, 0.4) is 0 Å². The van der Waals surface area contributed by atoms with Gasteiger partial charge in [-0.25, -0.2) is 4.39 Å². The quantitative estimate of drug-likeness (QED) is 0.911. The van der Waals surface area contributed by atoms with Crippen LogP contribution in [0.5, 0.6) is 5.75 Å². The van der Waals surface area contributed by atoms with Crippen molar-refractivity contribution in [3.63, 3.8) is 0 Å². The molecule has 0 aliphatic rings. The van der Waals surface area contributed by atoms with Gasteiger partial charge in [0.25, 0.3) is 5.91 Å². The lowest BCUT2D eigenvalue weighted by atomic mass is 10.2. The predicted octanol–water partition coefficient (Wildman–Crippen LogP) is 3.22. The third-order valence-electron chi connectivity index (χ3n) is 2.61. The summed E-state index contributed by atoms with van der Waals surface area (Å²) in [6.45, 7) is 0.209. The minimum absolute atomic E-state index is 0.128. The molecule has 2 aromatic rings. The fourth-order valence-electron chi connectivity index (χ4n) is 1.58. The Hall–Kier alpha value is -1.88. The minimum Gasteiger partial charge on any atom is -0.508 e. The van der Waals surface area contributed by atoms with Gasteiger partial charge in [0.15, 0.2) is 0 Å². The van der Waals surface area contributed by atoms with Crippen LogP contribution in [0.15, 0.2) is 46.9 Å². The lowest BCUT2D eigenvalue weighted by Gasteiger charge is -2.07. The van der Waals surface area contributed by atoms with Crippen LogP contribution < -0.4 is 5.32 Å². The SMILES string of the molecule is O=C(NCc1ccccc1O)c1ccc(F)c(Br)c1. The van der Waals surface area contributed by atoms with Gasteiger partial charge < -0.3 is 10.4 Å². The van der Waals surface area contributed by atoms with E-state index in [1.54, 1.807) is 24.3 Å². The summed E-state index contributed by atoms with van der Waals surface area (Å²) in [7, 11) is 0. The van der Waals surface area contributed by atoms with Crippen LogP contribution in [0.25, 0.3) is 0 Å². The molecule has 0 aromatic heterocycles. The third-order valence-corrected chi connectivity index (χ3v) is 3.22. The van der Waals surface area contributed by atoms with Crippen molar-refractivity contribution in [2.75, 3.05) is 0 Å². The molecule has 98 valence electrons. The maximum absolute atomic E-state index is 13.1.